The second-order valence-corrected chi connectivity index (χ2v) is 12.5. The summed E-state index contributed by atoms with van der Waals surface area (Å²) in [7, 11) is 0. The second-order valence-electron chi connectivity index (χ2n) is 12.5. The number of benzene rings is 5. The highest BCUT2D eigenvalue weighted by Crippen LogP contribution is 2.43. The predicted molar refractivity (Wildman–Crippen MR) is 205 cm³/mol. The van der Waals surface area contributed by atoms with Gasteiger partial charge in [0.25, 0.3) is 0 Å². The SMILES string of the molecule is N#Cc1ccccc1-c1c(-n2c3ccccc3c3cc(-c4ncccn4)ccc32)cncc1-n1c2ccccc2c2cc(-c3ncccn3)ccc21. The van der Waals surface area contributed by atoms with Crippen LogP contribution in [0.3, 0.4) is 0 Å². The Morgan fingerprint density at radius 1 is 0.462 bits per heavy atom. The van der Waals surface area contributed by atoms with Crippen molar-refractivity contribution in [1.82, 2.24) is 34.1 Å². The predicted octanol–water partition coefficient (Wildman–Crippen LogP) is 9.73. The van der Waals surface area contributed by atoms with E-state index in [1.54, 1.807) is 24.8 Å². The maximum atomic E-state index is 10.5. The number of hydrogen-bond acceptors (Lipinski definition) is 6. The van der Waals surface area contributed by atoms with Crippen molar-refractivity contribution < 1.29 is 0 Å². The van der Waals surface area contributed by atoms with Crippen LogP contribution in [0.4, 0.5) is 0 Å². The Balaban J connectivity index is 1.31. The second kappa shape index (κ2) is 11.8. The van der Waals surface area contributed by atoms with E-state index < -0.39 is 0 Å². The zero-order chi connectivity index (χ0) is 34.6. The number of para-hydroxylation sites is 2. The van der Waals surface area contributed by atoms with E-state index in [9.17, 15) is 5.26 Å². The molecule has 242 valence electrons. The van der Waals surface area contributed by atoms with E-state index in [1.165, 1.54) is 0 Å². The van der Waals surface area contributed by atoms with Gasteiger partial charge in [0, 0.05) is 68.6 Å². The standard InChI is InChI=1S/C44H26N8/c45-25-30-9-1-2-10-31(30)42-40(51-36-13-5-3-11-32(36)34-23-28(15-17-38(34)51)43-47-19-7-20-48-43)26-46-27-41(42)52-37-14-6-4-12-33(37)35-24-29(16-18-39(35)52)44-49-21-8-22-50-44/h1-24,26-27H. The molecule has 0 aliphatic carbocycles. The van der Waals surface area contributed by atoms with E-state index in [1.807, 2.05) is 48.8 Å². The summed E-state index contributed by atoms with van der Waals surface area (Å²) < 4.78 is 4.53. The third kappa shape index (κ3) is 4.50. The van der Waals surface area contributed by atoms with Gasteiger partial charge >= 0.3 is 0 Å². The Bertz CT molecular complexity index is 2850. The maximum absolute atomic E-state index is 10.5. The van der Waals surface area contributed by atoms with Crippen molar-refractivity contribution in [3.05, 3.63) is 164 Å². The number of rotatable bonds is 5. The van der Waals surface area contributed by atoms with Crippen LogP contribution in [-0.4, -0.2) is 34.1 Å². The summed E-state index contributed by atoms with van der Waals surface area (Å²) in [6.07, 6.45) is 10.9. The highest BCUT2D eigenvalue weighted by Gasteiger charge is 2.24. The van der Waals surface area contributed by atoms with Gasteiger partial charge in [-0.2, -0.15) is 5.26 Å². The van der Waals surface area contributed by atoms with Gasteiger partial charge in [0.2, 0.25) is 0 Å². The molecule has 5 aromatic heterocycles. The minimum absolute atomic E-state index is 0.574. The van der Waals surface area contributed by atoms with E-state index in [0.717, 1.165) is 77.2 Å². The summed E-state index contributed by atoms with van der Waals surface area (Å²) in [5, 5.41) is 14.8. The van der Waals surface area contributed by atoms with Gasteiger partial charge in [0.1, 0.15) is 0 Å². The summed E-state index contributed by atoms with van der Waals surface area (Å²) in [5.41, 5.74) is 9.92. The van der Waals surface area contributed by atoms with Crippen LogP contribution in [0.5, 0.6) is 0 Å². The van der Waals surface area contributed by atoms with Crippen molar-refractivity contribution in [2.75, 3.05) is 0 Å². The van der Waals surface area contributed by atoms with Crippen LogP contribution in [0.2, 0.25) is 0 Å². The van der Waals surface area contributed by atoms with Crippen LogP contribution in [0.15, 0.2) is 159 Å². The first kappa shape index (κ1) is 29.4. The number of nitriles is 1. The molecule has 0 unspecified atom stereocenters. The molecule has 0 fully saturated rings. The van der Waals surface area contributed by atoms with E-state index in [0.29, 0.717) is 17.2 Å². The molecule has 0 spiro atoms. The summed E-state index contributed by atoms with van der Waals surface area (Å²) in [5.74, 6) is 1.34. The topological polar surface area (TPSA) is 98.1 Å². The van der Waals surface area contributed by atoms with Crippen molar-refractivity contribution in [3.63, 3.8) is 0 Å². The van der Waals surface area contributed by atoms with Crippen LogP contribution in [0, 0.1) is 11.3 Å². The largest absolute Gasteiger partial charge is 0.307 e. The molecule has 8 nitrogen and oxygen atoms in total. The highest BCUT2D eigenvalue weighted by molar-refractivity contribution is 6.13. The first-order chi connectivity index (χ1) is 25.8. The minimum Gasteiger partial charge on any atom is -0.307 e. The lowest BCUT2D eigenvalue weighted by molar-refractivity contribution is 1.09. The molecule has 0 radical (unpaired) electrons. The third-order valence-corrected chi connectivity index (χ3v) is 9.70. The first-order valence-corrected chi connectivity index (χ1v) is 16.9. The van der Waals surface area contributed by atoms with E-state index in [4.69, 9.17) is 4.98 Å². The van der Waals surface area contributed by atoms with Gasteiger partial charge in [-0.1, -0.05) is 54.6 Å². The number of fused-ring (bicyclic) bond motifs is 6. The smallest absolute Gasteiger partial charge is 0.159 e. The molecule has 0 saturated heterocycles. The number of nitrogens with zero attached hydrogens (tertiary/aromatic N) is 8. The maximum Gasteiger partial charge on any atom is 0.159 e. The summed E-state index contributed by atoms with van der Waals surface area (Å²) >= 11 is 0. The van der Waals surface area contributed by atoms with Gasteiger partial charge in [-0.25, -0.2) is 19.9 Å². The third-order valence-electron chi connectivity index (χ3n) is 9.70. The van der Waals surface area contributed by atoms with Gasteiger partial charge in [-0.05, 0) is 66.7 Å². The van der Waals surface area contributed by atoms with Gasteiger partial charge in [-0.3, -0.25) is 4.98 Å². The molecule has 0 aliphatic heterocycles. The fraction of sp³-hybridized carbons (Fsp3) is 0. The molecule has 0 N–H and O–H groups in total. The lowest BCUT2D eigenvalue weighted by Gasteiger charge is -2.20. The van der Waals surface area contributed by atoms with E-state index in [-0.39, 0.29) is 0 Å². The first-order valence-electron chi connectivity index (χ1n) is 16.9. The number of pyridine rings is 1. The van der Waals surface area contributed by atoms with Gasteiger partial charge in [0.05, 0.1) is 57.5 Å². The van der Waals surface area contributed by atoms with Crippen molar-refractivity contribution in [2.24, 2.45) is 0 Å². The number of hydrogen-bond donors (Lipinski definition) is 0. The Kier molecular flexibility index (Phi) is 6.69. The van der Waals surface area contributed by atoms with E-state index >= 15 is 0 Å². The Morgan fingerprint density at radius 3 is 1.44 bits per heavy atom. The molecule has 0 aliphatic rings. The minimum atomic E-state index is 0.574. The quantitative estimate of drug-likeness (QED) is 0.181. The molecule has 5 aromatic carbocycles. The van der Waals surface area contributed by atoms with Crippen molar-refractivity contribution in [3.8, 4) is 51.3 Å². The Hall–Kier alpha value is -7.50. The van der Waals surface area contributed by atoms with Crippen LogP contribution in [0.1, 0.15) is 5.56 Å². The Labute approximate surface area is 297 Å². The average Bonchev–Trinajstić information content (AvgIpc) is 3.73. The zero-order valence-electron chi connectivity index (χ0n) is 27.6. The monoisotopic (exact) mass is 666 g/mol. The molecule has 0 amide bonds. The molecular formula is C44H26N8. The molecule has 0 atom stereocenters. The molecule has 0 saturated carbocycles. The summed E-state index contributed by atoms with van der Waals surface area (Å²) in [4.78, 5) is 23.0. The molecule has 10 aromatic rings. The van der Waals surface area contributed by atoms with Crippen molar-refractivity contribution >= 4 is 43.6 Å². The Morgan fingerprint density at radius 2 is 0.923 bits per heavy atom. The lowest BCUT2D eigenvalue weighted by Crippen LogP contribution is -2.05. The van der Waals surface area contributed by atoms with E-state index in [2.05, 4.69) is 120 Å². The molecule has 5 heterocycles. The normalized spacial score (nSPS) is 11.4. The van der Waals surface area contributed by atoms with Crippen LogP contribution < -0.4 is 0 Å². The van der Waals surface area contributed by atoms with Crippen LogP contribution in [-0.2, 0) is 0 Å². The summed E-state index contributed by atoms with van der Waals surface area (Å²) in [6.45, 7) is 0. The summed E-state index contributed by atoms with van der Waals surface area (Å²) in [6, 6.07) is 43.4. The fourth-order valence-corrected chi connectivity index (χ4v) is 7.49. The van der Waals surface area contributed by atoms with Gasteiger partial charge in [-0.15, -0.1) is 0 Å². The van der Waals surface area contributed by atoms with Crippen LogP contribution >= 0.6 is 0 Å². The molecule has 0 bridgehead atoms. The van der Waals surface area contributed by atoms with Gasteiger partial charge < -0.3 is 9.13 Å². The fourth-order valence-electron chi connectivity index (χ4n) is 7.49. The number of aromatic nitrogens is 7. The zero-order valence-corrected chi connectivity index (χ0v) is 27.6. The van der Waals surface area contributed by atoms with Gasteiger partial charge in [0.15, 0.2) is 11.6 Å². The highest BCUT2D eigenvalue weighted by atomic mass is 15.0. The molecule has 8 heteroatoms. The molecule has 10 rings (SSSR count). The molecule has 52 heavy (non-hydrogen) atoms. The molecular weight excluding hydrogens is 641 g/mol. The van der Waals surface area contributed by atoms with Crippen molar-refractivity contribution in [2.45, 2.75) is 0 Å². The lowest BCUT2D eigenvalue weighted by atomic mass is 9.97. The average molecular weight is 667 g/mol. The van der Waals surface area contributed by atoms with Crippen molar-refractivity contribution in [1.29, 1.82) is 5.26 Å². The van der Waals surface area contributed by atoms with Crippen LogP contribution in [0.25, 0.3) is 88.9 Å².